The highest BCUT2D eigenvalue weighted by Gasteiger charge is 2.28. The molecule has 0 radical (unpaired) electrons. The third-order valence-corrected chi connectivity index (χ3v) is 5.44. The van der Waals surface area contributed by atoms with Gasteiger partial charge in [-0.2, -0.15) is 0 Å². The van der Waals surface area contributed by atoms with Crippen molar-refractivity contribution in [3.63, 3.8) is 0 Å². The number of fused-ring (bicyclic) bond motifs is 1. The molecule has 23 heavy (non-hydrogen) atoms. The predicted octanol–water partition coefficient (Wildman–Crippen LogP) is 5.51. The Morgan fingerprint density at radius 3 is 2.43 bits per heavy atom. The fourth-order valence-corrected chi connectivity index (χ4v) is 4.12. The van der Waals surface area contributed by atoms with Crippen molar-refractivity contribution in [1.29, 1.82) is 0 Å². The molecule has 0 spiro atoms. The lowest BCUT2D eigenvalue weighted by Gasteiger charge is -2.29. The van der Waals surface area contributed by atoms with E-state index in [1.54, 1.807) is 11.3 Å². The third kappa shape index (κ3) is 3.16. The molecule has 0 aliphatic carbocycles. The van der Waals surface area contributed by atoms with Crippen LogP contribution in [0.1, 0.15) is 50.8 Å². The minimum atomic E-state index is 0.0366. The fourth-order valence-electron chi connectivity index (χ4n) is 3.36. The molecule has 2 nitrogen and oxygen atoms in total. The smallest absolute Gasteiger partial charge is 0.0984 e. The summed E-state index contributed by atoms with van der Waals surface area (Å²) >= 11 is 1.74. The second-order valence-electron chi connectivity index (χ2n) is 7.84. The molecular formula is C20H24N2S. The van der Waals surface area contributed by atoms with Gasteiger partial charge in [-0.15, -0.1) is 11.3 Å². The zero-order chi connectivity index (χ0) is 16.7. The molecule has 3 heteroatoms. The van der Waals surface area contributed by atoms with Gasteiger partial charge in [0.1, 0.15) is 0 Å². The average molecular weight is 324 g/mol. The molecule has 0 unspecified atom stereocenters. The molecule has 1 aromatic carbocycles. The van der Waals surface area contributed by atoms with Gasteiger partial charge in [-0.3, -0.25) is 4.98 Å². The van der Waals surface area contributed by atoms with Gasteiger partial charge in [0.15, 0.2) is 0 Å². The predicted molar refractivity (Wildman–Crippen MR) is 99.3 cm³/mol. The van der Waals surface area contributed by atoms with E-state index in [1.807, 2.05) is 18.6 Å². The molecule has 0 fully saturated rings. The zero-order valence-corrected chi connectivity index (χ0v) is 15.4. The molecule has 0 N–H and O–H groups in total. The highest BCUT2D eigenvalue weighted by Crippen LogP contribution is 2.37. The van der Waals surface area contributed by atoms with Crippen LogP contribution in [0, 0.1) is 0 Å². The van der Waals surface area contributed by atoms with Crippen LogP contribution in [0.4, 0.5) is 0 Å². The van der Waals surface area contributed by atoms with Gasteiger partial charge in [-0.1, -0.05) is 46.8 Å². The average Bonchev–Trinajstić information content (AvgIpc) is 3.00. The van der Waals surface area contributed by atoms with Crippen molar-refractivity contribution >= 4 is 22.1 Å². The third-order valence-electron chi connectivity index (χ3n) is 4.30. The van der Waals surface area contributed by atoms with Crippen molar-refractivity contribution < 1.29 is 0 Å². The van der Waals surface area contributed by atoms with Crippen LogP contribution < -0.4 is 0 Å². The molecule has 0 saturated carbocycles. The highest BCUT2D eigenvalue weighted by molar-refractivity contribution is 7.09. The van der Waals surface area contributed by atoms with E-state index in [1.165, 1.54) is 26.9 Å². The largest absolute Gasteiger partial charge is 0.264 e. The van der Waals surface area contributed by atoms with Crippen molar-refractivity contribution in [1.82, 2.24) is 9.97 Å². The Morgan fingerprint density at radius 1 is 1.00 bits per heavy atom. The van der Waals surface area contributed by atoms with Gasteiger partial charge < -0.3 is 0 Å². The number of nitrogens with zero attached hydrogens (tertiary/aromatic N) is 2. The first-order valence-electron chi connectivity index (χ1n) is 8.05. The maximum atomic E-state index is 4.55. The number of benzene rings is 1. The zero-order valence-electron chi connectivity index (χ0n) is 14.6. The summed E-state index contributed by atoms with van der Waals surface area (Å²) in [5.74, 6) is 0. The second kappa shape index (κ2) is 5.72. The van der Waals surface area contributed by atoms with E-state index in [0.717, 1.165) is 6.42 Å². The number of pyridine rings is 1. The molecule has 0 bridgehead atoms. The number of hydrogen-bond acceptors (Lipinski definition) is 3. The molecule has 0 saturated heterocycles. The molecule has 0 amide bonds. The minimum absolute atomic E-state index is 0.0366. The highest BCUT2D eigenvalue weighted by atomic mass is 32.1. The standard InChI is InChI=1S/C20H24N2S/c1-19(2,3)17-14(6-7-15-13-21-9-8-16(15)17)12-20(4,5)18-22-10-11-23-18/h6-11,13H,12H2,1-5H3. The Bertz CT molecular complexity index is 811. The quantitative estimate of drug-likeness (QED) is 0.635. The van der Waals surface area contributed by atoms with Gasteiger partial charge in [-0.05, 0) is 34.4 Å². The second-order valence-corrected chi connectivity index (χ2v) is 8.74. The van der Waals surface area contributed by atoms with Crippen LogP contribution in [-0.4, -0.2) is 9.97 Å². The van der Waals surface area contributed by atoms with Crippen LogP contribution in [0.2, 0.25) is 0 Å². The van der Waals surface area contributed by atoms with E-state index in [0.29, 0.717) is 0 Å². The summed E-state index contributed by atoms with van der Waals surface area (Å²) in [5, 5.41) is 5.80. The van der Waals surface area contributed by atoms with Gasteiger partial charge in [0, 0.05) is 34.8 Å². The molecule has 0 aliphatic heterocycles. The molecule has 0 atom stereocenters. The SMILES string of the molecule is CC(C)(C)c1c(CC(C)(C)c2nccs2)ccc2cnccc12. The first-order chi connectivity index (χ1) is 10.8. The molecular weight excluding hydrogens is 300 g/mol. The lowest BCUT2D eigenvalue weighted by Crippen LogP contribution is -2.24. The first kappa shape index (κ1) is 16.1. The van der Waals surface area contributed by atoms with E-state index in [2.05, 4.69) is 68.2 Å². The maximum Gasteiger partial charge on any atom is 0.0984 e. The van der Waals surface area contributed by atoms with E-state index >= 15 is 0 Å². The number of rotatable bonds is 3. The minimum Gasteiger partial charge on any atom is -0.264 e. The number of hydrogen-bond donors (Lipinski definition) is 0. The van der Waals surface area contributed by atoms with Gasteiger partial charge in [-0.25, -0.2) is 4.98 Å². The summed E-state index contributed by atoms with van der Waals surface area (Å²) in [4.78, 5) is 8.82. The van der Waals surface area contributed by atoms with E-state index in [-0.39, 0.29) is 10.8 Å². The number of thiazole rings is 1. The van der Waals surface area contributed by atoms with Crippen LogP contribution in [0.3, 0.4) is 0 Å². The van der Waals surface area contributed by atoms with Crippen LogP contribution in [0.15, 0.2) is 42.2 Å². The summed E-state index contributed by atoms with van der Waals surface area (Å²) in [6.07, 6.45) is 6.75. The molecule has 0 aliphatic rings. The molecule has 3 rings (SSSR count). The van der Waals surface area contributed by atoms with Crippen LogP contribution in [-0.2, 0) is 17.3 Å². The van der Waals surface area contributed by atoms with Gasteiger partial charge >= 0.3 is 0 Å². The summed E-state index contributed by atoms with van der Waals surface area (Å²) in [5.41, 5.74) is 2.97. The fraction of sp³-hybridized carbons (Fsp3) is 0.400. The number of aromatic nitrogens is 2. The van der Waals surface area contributed by atoms with E-state index in [9.17, 15) is 0 Å². The molecule has 2 aromatic heterocycles. The summed E-state index contributed by atoms with van der Waals surface area (Å²) in [6.45, 7) is 11.5. The van der Waals surface area contributed by atoms with Crippen molar-refractivity contribution in [2.24, 2.45) is 0 Å². The first-order valence-corrected chi connectivity index (χ1v) is 8.93. The normalized spacial score (nSPS) is 12.7. The molecule has 120 valence electrons. The van der Waals surface area contributed by atoms with Crippen LogP contribution in [0.5, 0.6) is 0 Å². The van der Waals surface area contributed by atoms with Crippen molar-refractivity contribution in [2.75, 3.05) is 0 Å². The molecule has 3 aromatic rings. The van der Waals surface area contributed by atoms with Crippen LogP contribution >= 0.6 is 11.3 Å². The van der Waals surface area contributed by atoms with Crippen molar-refractivity contribution in [3.05, 3.63) is 58.3 Å². The lowest BCUT2D eigenvalue weighted by atomic mass is 9.76. The van der Waals surface area contributed by atoms with Crippen molar-refractivity contribution in [2.45, 2.75) is 51.9 Å². The lowest BCUT2D eigenvalue weighted by molar-refractivity contribution is 0.505. The van der Waals surface area contributed by atoms with Gasteiger partial charge in [0.05, 0.1) is 5.01 Å². The Balaban J connectivity index is 2.14. The van der Waals surface area contributed by atoms with Crippen molar-refractivity contribution in [3.8, 4) is 0 Å². The van der Waals surface area contributed by atoms with E-state index < -0.39 is 0 Å². The Kier molecular flexibility index (Phi) is 4.01. The van der Waals surface area contributed by atoms with Gasteiger partial charge in [0.2, 0.25) is 0 Å². The Morgan fingerprint density at radius 2 is 1.78 bits per heavy atom. The summed E-state index contributed by atoms with van der Waals surface area (Å²) in [7, 11) is 0. The monoisotopic (exact) mass is 324 g/mol. The maximum absolute atomic E-state index is 4.55. The van der Waals surface area contributed by atoms with Crippen LogP contribution in [0.25, 0.3) is 10.8 Å². The van der Waals surface area contributed by atoms with Gasteiger partial charge in [0.25, 0.3) is 0 Å². The molecule has 2 heterocycles. The topological polar surface area (TPSA) is 25.8 Å². The Labute approximate surface area is 142 Å². The van der Waals surface area contributed by atoms with E-state index in [4.69, 9.17) is 0 Å². The summed E-state index contributed by atoms with van der Waals surface area (Å²) in [6, 6.07) is 6.63. The summed E-state index contributed by atoms with van der Waals surface area (Å²) < 4.78 is 0. The Hall–Kier alpha value is -1.74.